The molecule has 7 heteroatoms. The normalized spacial score (nSPS) is 17.3. The molecule has 1 amide bonds. The highest BCUT2D eigenvalue weighted by Crippen LogP contribution is 2.27. The van der Waals surface area contributed by atoms with Gasteiger partial charge in [0.1, 0.15) is 0 Å². The average Bonchev–Trinajstić information content (AvgIpc) is 3.36. The van der Waals surface area contributed by atoms with Gasteiger partial charge in [0.2, 0.25) is 5.91 Å². The van der Waals surface area contributed by atoms with Crippen LogP contribution in [0.25, 0.3) is 0 Å². The molecule has 0 saturated carbocycles. The maximum Gasteiger partial charge on any atom is 0.303 e. The van der Waals surface area contributed by atoms with E-state index in [4.69, 9.17) is 5.11 Å². The van der Waals surface area contributed by atoms with Gasteiger partial charge in [-0.15, -0.1) is 0 Å². The van der Waals surface area contributed by atoms with Gasteiger partial charge in [0.15, 0.2) is 0 Å². The van der Waals surface area contributed by atoms with Gasteiger partial charge in [-0.1, -0.05) is 43.2 Å². The van der Waals surface area contributed by atoms with Crippen molar-refractivity contribution in [1.29, 1.82) is 0 Å². The summed E-state index contributed by atoms with van der Waals surface area (Å²) in [4.78, 5) is 24.8. The number of amides is 1. The third-order valence-electron chi connectivity index (χ3n) is 5.99. The Labute approximate surface area is 183 Å². The molecule has 0 spiro atoms. The number of unbranched alkanes of at least 4 members (excludes halogenated alkanes) is 3. The number of aliphatic hydroxyl groups is 1. The van der Waals surface area contributed by atoms with Crippen LogP contribution >= 0.6 is 0 Å². The number of carbonyl (C=O) groups excluding carboxylic acids is 1. The van der Waals surface area contributed by atoms with Gasteiger partial charge in [-0.25, -0.2) is 0 Å². The van der Waals surface area contributed by atoms with Crippen molar-refractivity contribution < 1.29 is 19.8 Å². The highest BCUT2D eigenvalue weighted by atomic mass is 16.4. The van der Waals surface area contributed by atoms with Crippen molar-refractivity contribution in [1.82, 2.24) is 14.7 Å². The molecule has 168 valence electrons. The molecule has 2 N–H and O–H groups in total. The number of aliphatic hydroxyl groups excluding tert-OH is 1. The Hall–Kier alpha value is -2.67. The summed E-state index contributed by atoms with van der Waals surface area (Å²) >= 11 is 0. The zero-order valence-corrected chi connectivity index (χ0v) is 18.0. The number of rotatable bonds is 13. The van der Waals surface area contributed by atoms with Crippen molar-refractivity contribution in [3.05, 3.63) is 53.9 Å². The highest BCUT2D eigenvalue weighted by molar-refractivity contribution is 5.78. The van der Waals surface area contributed by atoms with Crippen molar-refractivity contribution in [3.8, 4) is 0 Å². The van der Waals surface area contributed by atoms with E-state index in [0.29, 0.717) is 25.8 Å². The Kier molecular flexibility index (Phi) is 8.64. The molecule has 0 radical (unpaired) electrons. The van der Waals surface area contributed by atoms with Crippen LogP contribution in [0.15, 0.2) is 42.7 Å². The Morgan fingerprint density at radius 1 is 1.16 bits per heavy atom. The number of carbonyl (C=O) groups is 2. The second kappa shape index (κ2) is 11.6. The van der Waals surface area contributed by atoms with Crippen LogP contribution in [0.4, 0.5) is 0 Å². The first-order valence-electron chi connectivity index (χ1n) is 11.3. The van der Waals surface area contributed by atoms with Gasteiger partial charge in [0.25, 0.3) is 0 Å². The number of hydrogen-bond acceptors (Lipinski definition) is 4. The molecule has 1 aliphatic rings. The largest absolute Gasteiger partial charge is 0.481 e. The molecule has 7 nitrogen and oxygen atoms in total. The van der Waals surface area contributed by atoms with Crippen molar-refractivity contribution in [2.24, 2.45) is 0 Å². The maximum absolute atomic E-state index is 12.3. The minimum atomic E-state index is -0.751. The summed E-state index contributed by atoms with van der Waals surface area (Å²) in [6.07, 6.45) is 9.45. The Bertz CT molecular complexity index is 836. The smallest absolute Gasteiger partial charge is 0.303 e. The van der Waals surface area contributed by atoms with E-state index in [-0.39, 0.29) is 18.4 Å². The predicted octanol–water partition coefficient (Wildman–Crippen LogP) is 3.77. The molecule has 2 atom stereocenters. The van der Waals surface area contributed by atoms with Crippen molar-refractivity contribution >= 4 is 11.9 Å². The number of aromatic nitrogens is 2. The molecule has 1 aliphatic heterocycles. The van der Waals surface area contributed by atoms with Crippen LogP contribution in [0.2, 0.25) is 0 Å². The quantitative estimate of drug-likeness (QED) is 0.475. The lowest BCUT2D eigenvalue weighted by molar-refractivity contribution is -0.137. The van der Waals surface area contributed by atoms with Gasteiger partial charge in [-0.3, -0.25) is 14.3 Å². The van der Waals surface area contributed by atoms with E-state index in [2.05, 4.69) is 17.2 Å². The Balaban J connectivity index is 1.41. The maximum atomic E-state index is 12.3. The topological polar surface area (TPSA) is 95.7 Å². The predicted molar refractivity (Wildman–Crippen MR) is 117 cm³/mol. The molecule has 0 aliphatic carbocycles. The van der Waals surface area contributed by atoms with E-state index < -0.39 is 12.1 Å². The third kappa shape index (κ3) is 7.21. The van der Waals surface area contributed by atoms with E-state index >= 15 is 0 Å². The lowest BCUT2D eigenvalue weighted by Crippen LogP contribution is -2.34. The first-order valence-corrected chi connectivity index (χ1v) is 11.3. The molecule has 1 unspecified atom stereocenters. The zero-order valence-electron chi connectivity index (χ0n) is 18.0. The Morgan fingerprint density at radius 2 is 1.94 bits per heavy atom. The fraction of sp³-hybridized carbons (Fsp3) is 0.542. The summed E-state index contributed by atoms with van der Waals surface area (Å²) in [5, 5.41) is 23.7. The molecule has 1 aromatic carbocycles. The first kappa shape index (κ1) is 23.0. The SMILES string of the molecule is O=C(O)CCCCCCN1C(=O)CC[C@@H]1CCC(O)c1cnn(Cc2ccccc2)c1. The molecule has 3 rings (SSSR count). The van der Waals surface area contributed by atoms with Crippen LogP contribution in [0, 0.1) is 0 Å². The van der Waals surface area contributed by atoms with Gasteiger partial charge >= 0.3 is 5.97 Å². The number of nitrogens with zero attached hydrogens (tertiary/aromatic N) is 3. The van der Waals surface area contributed by atoms with E-state index in [0.717, 1.165) is 49.8 Å². The van der Waals surface area contributed by atoms with Gasteiger partial charge in [0, 0.05) is 37.2 Å². The van der Waals surface area contributed by atoms with Gasteiger partial charge in [-0.05, 0) is 37.7 Å². The summed E-state index contributed by atoms with van der Waals surface area (Å²) in [6.45, 7) is 1.40. The zero-order chi connectivity index (χ0) is 22.1. The summed E-state index contributed by atoms with van der Waals surface area (Å²) in [5.41, 5.74) is 1.97. The summed E-state index contributed by atoms with van der Waals surface area (Å²) in [6, 6.07) is 10.3. The van der Waals surface area contributed by atoms with Crippen molar-refractivity contribution in [2.75, 3.05) is 6.54 Å². The number of likely N-dealkylation sites (tertiary alicyclic amines) is 1. The van der Waals surface area contributed by atoms with E-state index in [1.165, 1.54) is 0 Å². The van der Waals surface area contributed by atoms with Crippen LogP contribution in [0.3, 0.4) is 0 Å². The van der Waals surface area contributed by atoms with Crippen molar-refractivity contribution in [3.63, 3.8) is 0 Å². The molecule has 1 fully saturated rings. The molecule has 2 aromatic rings. The number of carboxylic acid groups (broad SMARTS) is 1. The van der Waals surface area contributed by atoms with Crippen LogP contribution in [0.1, 0.15) is 75.0 Å². The van der Waals surface area contributed by atoms with E-state index in [1.807, 2.05) is 34.0 Å². The summed E-state index contributed by atoms with van der Waals surface area (Å²) in [7, 11) is 0. The lowest BCUT2D eigenvalue weighted by Gasteiger charge is -2.25. The first-order chi connectivity index (χ1) is 15.0. The number of benzene rings is 1. The van der Waals surface area contributed by atoms with Gasteiger partial charge in [-0.2, -0.15) is 5.10 Å². The summed E-state index contributed by atoms with van der Waals surface area (Å²) < 4.78 is 1.84. The fourth-order valence-electron chi connectivity index (χ4n) is 4.24. The van der Waals surface area contributed by atoms with E-state index in [9.17, 15) is 14.7 Å². The molecular weight excluding hydrogens is 394 g/mol. The third-order valence-corrected chi connectivity index (χ3v) is 5.99. The molecular formula is C24H33N3O4. The van der Waals surface area contributed by atoms with Crippen LogP contribution in [-0.4, -0.2) is 49.4 Å². The highest BCUT2D eigenvalue weighted by Gasteiger charge is 2.30. The average molecular weight is 428 g/mol. The van der Waals surface area contributed by atoms with Crippen molar-refractivity contribution in [2.45, 2.75) is 76.5 Å². The molecule has 2 heterocycles. The number of aliphatic carboxylic acids is 1. The van der Waals surface area contributed by atoms with Crippen LogP contribution in [-0.2, 0) is 16.1 Å². The second-order valence-corrected chi connectivity index (χ2v) is 8.39. The van der Waals surface area contributed by atoms with Crippen LogP contribution < -0.4 is 0 Å². The number of hydrogen-bond donors (Lipinski definition) is 2. The Morgan fingerprint density at radius 3 is 2.71 bits per heavy atom. The molecule has 0 bridgehead atoms. The lowest BCUT2D eigenvalue weighted by atomic mass is 10.0. The second-order valence-electron chi connectivity index (χ2n) is 8.39. The van der Waals surface area contributed by atoms with Gasteiger partial charge in [0.05, 0.1) is 18.8 Å². The monoisotopic (exact) mass is 427 g/mol. The standard InChI is InChI=1S/C24H33N3O4/c28-22(20-16-25-26(18-20)17-19-8-4-3-5-9-19)13-11-21-12-14-23(29)27(21)15-7-2-1-6-10-24(30)31/h3-5,8-9,16,18,21-22,28H,1-2,6-7,10-15,17H2,(H,30,31)/t21-,22?/m0/s1. The van der Waals surface area contributed by atoms with E-state index in [1.54, 1.807) is 6.20 Å². The van der Waals surface area contributed by atoms with Crippen LogP contribution in [0.5, 0.6) is 0 Å². The minimum absolute atomic E-state index is 0.181. The summed E-state index contributed by atoms with van der Waals surface area (Å²) in [5.74, 6) is -0.556. The molecule has 1 aromatic heterocycles. The number of carboxylic acids is 1. The fourth-order valence-corrected chi connectivity index (χ4v) is 4.24. The molecule has 1 saturated heterocycles. The van der Waals surface area contributed by atoms with Gasteiger partial charge < -0.3 is 15.1 Å². The minimum Gasteiger partial charge on any atom is -0.481 e. The molecule has 31 heavy (non-hydrogen) atoms.